The Bertz CT molecular complexity index is 1480. The van der Waals surface area contributed by atoms with Gasteiger partial charge in [-0.15, -0.1) is 0 Å². The molecule has 0 radical (unpaired) electrons. The normalized spacial score (nSPS) is 11.1. The van der Waals surface area contributed by atoms with Gasteiger partial charge in [0.05, 0.1) is 16.7 Å². The van der Waals surface area contributed by atoms with Crippen LogP contribution >= 0.6 is 0 Å². The summed E-state index contributed by atoms with van der Waals surface area (Å²) >= 11 is 0. The van der Waals surface area contributed by atoms with Crippen molar-refractivity contribution in [1.29, 1.82) is 0 Å². The van der Waals surface area contributed by atoms with E-state index in [0.29, 0.717) is 34.6 Å². The summed E-state index contributed by atoms with van der Waals surface area (Å²) in [5.74, 6) is 0.304. The molecule has 5 rings (SSSR count). The molecule has 0 spiro atoms. The van der Waals surface area contributed by atoms with Crippen molar-refractivity contribution < 1.29 is 9.53 Å². The van der Waals surface area contributed by atoms with Gasteiger partial charge in [0.1, 0.15) is 18.0 Å². The molecule has 0 aliphatic carbocycles. The number of aromatic nitrogens is 4. The number of amides is 1. The highest BCUT2D eigenvalue weighted by Crippen LogP contribution is 2.19. The van der Waals surface area contributed by atoms with Gasteiger partial charge in [-0.2, -0.15) is 0 Å². The number of H-pyrrole nitrogens is 2. The van der Waals surface area contributed by atoms with Gasteiger partial charge < -0.3 is 24.4 Å². The first-order chi connectivity index (χ1) is 15.0. The number of anilines is 1. The van der Waals surface area contributed by atoms with E-state index in [9.17, 15) is 9.59 Å². The van der Waals surface area contributed by atoms with Crippen molar-refractivity contribution in [2.75, 3.05) is 5.32 Å². The third kappa shape index (κ3) is 3.78. The second kappa shape index (κ2) is 7.49. The number of aromatic amines is 2. The molecule has 1 amide bonds. The molecule has 0 aliphatic heterocycles. The summed E-state index contributed by atoms with van der Waals surface area (Å²) in [6, 6.07) is 16.1. The maximum Gasteiger partial charge on any atom is 0.323 e. The molecule has 0 unspecified atom stereocenters. The van der Waals surface area contributed by atoms with Crippen LogP contribution in [0, 0.1) is 6.92 Å². The number of fused-ring (bicyclic) bond motifs is 2. The first kappa shape index (κ1) is 18.7. The minimum Gasteiger partial charge on any atom is -0.487 e. The standard InChI is InChI=1S/C23H19N5O3/c1-14-4-3-9-28-12-17(24-21(14)28)13-31-18-6-2-5-15(10-18)22(29)25-16-7-8-19-20(11-16)27-23(30)26-19/h2-12H,13H2,1H3,(H,25,29)(H2,26,27,30). The number of ether oxygens (including phenoxy) is 1. The topological polar surface area (TPSA) is 104 Å². The molecule has 0 aliphatic rings. The lowest BCUT2D eigenvalue weighted by Gasteiger charge is -2.08. The highest BCUT2D eigenvalue weighted by molar-refractivity contribution is 6.05. The third-order valence-corrected chi connectivity index (χ3v) is 4.98. The maximum absolute atomic E-state index is 12.7. The predicted molar refractivity (Wildman–Crippen MR) is 118 cm³/mol. The number of nitrogens with zero attached hydrogens (tertiary/aromatic N) is 2. The first-order valence-electron chi connectivity index (χ1n) is 9.75. The van der Waals surface area contributed by atoms with E-state index in [4.69, 9.17) is 4.74 Å². The quantitative estimate of drug-likeness (QED) is 0.409. The molecule has 31 heavy (non-hydrogen) atoms. The fraction of sp³-hybridized carbons (Fsp3) is 0.0870. The highest BCUT2D eigenvalue weighted by atomic mass is 16.5. The van der Waals surface area contributed by atoms with Gasteiger partial charge in [0.25, 0.3) is 5.91 Å². The molecule has 3 heterocycles. The summed E-state index contributed by atoms with van der Waals surface area (Å²) in [6.07, 6.45) is 3.88. The van der Waals surface area contributed by atoms with Gasteiger partial charge in [-0.1, -0.05) is 12.1 Å². The number of rotatable bonds is 5. The van der Waals surface area contributed by atoms with Crippen LogP contribution in [0.2, 0.25) is 0 Å². The summed E-state index contributed by atoms with van der Waals surface area (Å²) in [5.41, 5.74) is 4.86. The number of carbonyl (C=O) groups is 1. The van der Waals surface area contributed by atoms with Crippen LogP contribution in [0.15, 0.2) is 71.8 Å². The number of aryl methyl sites for hydroxylation is 1. The van der Waals surface area contributed by atoms with Crippen molar-refractivity contribution in [3.63, 3.8) is 0 Å². The first-order valence-corrected chi connectivity index (χ1v) is 9.75. The van der Waals surface area contributed by atoms with Gasteiger partial charge in [-0.3, -0.25) is 4.79 Å². The zero-order valence-corrected chi connectivity index (χ0v) is 16.7. The fourth-order valence-electron chi connectivity index (χ4n) is 3.47. The molecule has 0 fully saturated rings. The van der Waals surface area contributed by atoms with Crippen LogP contribution < -0.4 is 15.7 Å². The van der Waals surface area contributed by atoms with E-state index in [0.717, 1.165) is 16.9 Å². The fourth-order valence-corrected chi connectivity index (χ4v) is 3.47. The molecule has 8 heteroatoms. The van der Waals surface area contributed by atoms with Crippen LogP contribution in [0.4, 0.5) is 5.69 Å². The molecule has 3 aromatic heterocycles. The molecule has 154 valence electrons. The van der Waals surface area contributed by atoms with Gasteiger partial charge in [-0.25, -0.2) is 9.78 Å². The van der Waals surface area contributed by atoms with Crippen LogP contribution in [0.1, 0.15) is 21.6 Å². The van der Waals surface area contributed by atoms with Gasteiger partial charge in [0.2, 0.25) is 0 Å². The van der Waals surface area contributed by atoms with E-state index in [1.165, 1.54) is 0 Å². The summed E-state index contributed by atoms with van der Waals surface area (Å²) < 4.78 is 7.83. The van der Waals surface area contributed by atoms with Gasteiger partial charge >= 0.3 is 5.69 Å². The number of benzene rings is 2. The molecule has 0 saturated heterocycles. The van der Waals surface area contributed by atoms with Crippen LogP contribution in [-0.2, 0) is 6.61 Å². The van der Waals surface area contributed by atoms with E-state index in [1.807, 2.05) is 35.9 Å². The van der Waals surface area contributed by atoms with Gasteiger partial charge in [0.15, 0.2) is 0 Å². The van der Waals surface area contributed by atoms with Gasteiger partial charge in [0, 0.05) is 23.6 Å². The SMILES string of the molecule is Cc1cccn2cc(COc3cccc(C(=O)Nc4ccc5[nH]c(=O)[nH]c5c4)c3)nc12. The molecule has 2 aromatic carbocycles. The Balaban J connectivity index is 1.29. The molecule has 0 atom stereocenters. The van der Waals surface area contributed by atoms with Crippen molar-refractivity contribution in [1.82, 2.24) is 19.4 Å². The Hall–Kier alpha value is -4.33. The Morgan fingerprint density at radius 3 is 2.84 bits per heavy atom. The lowest BCUT2D eigenvalue weighted by Crippen LogP contribution is -2.12. The number of nitrogens with one attached hydrogen (secondary N) is 3. The van der Waals surface area contributed by atoms with E-state index in [2.05, 4.69) is 20.3 Å². The monoisotopic (exact) mass is 413 g/mol. The molecule has 0 bridgehead atoms. The number of imidazole rings is 2. The van der Waals surface area contributed by atoms with Crippen LogP contribution in [0.5, 0.6) is 5.75 Å². The summed E-state index contributed by atoms with van der Waals surface area (Å²) in [4.78, 5) is 34.0. The number of hydrogen-bond donors (Lipinski definition) is 3. The molecular weight excluding hydrogens is 394 g/mol. The molecule has 8 nitrogen and oxygen atoms in total. The smallest absolute Gasteiger partial charge is 0.323 e. The highest BCUT2D eigenvalue weighted by Gasteiger charge is 2.10. The average Bonchev–Trinajstić information content (AvgIpc) is 3.35. The molecular formula is C23H19N5O3. The van der Waals surface area contributed by atoms with Crippen LogP contribution in [0.3, 0.4) is 0 Å². The van der Waals surface area contributed by atoms with E-state index >= 15 is 0 Å². The summed E-state index contributed by atoms with van der Waals surface area (Å²) in [7, 11) is 0. The third-order valence-electron chi connectivity index (χ3n) is 4.98. The summed E-state index contributed by atoms with van der Waals surface area (Å²) in [6.45, 7) is 2.31. The molecule has 0 saturated carbocycles. The van der Waals surface area contributed by atoms with Crippen molar-refractivity contribution in [3.05, 3.63) is 94.3 Å². The zero-order chi connectivity index (χ0) is 21.4. The summed E-state index contributed by atoms with van der Waals surface area (Å²) in [5, 5.41) is 2.84. The number of carbonyl (C=O) groups excluding carboxylic acids is 1. The van der Waals surface area contributed by atoms with E-state index in [-0.39, 0.29) is 11.6 Å². The van der Waals surface area contributed by atoms with Crippen molar-refractivity contribution in [2.24, 2.45) is 0 Å². The minimum atomic E-state index is -0.288. The van der Waals surface area contributed by atoms with E-state index < -0.39 is 0 Å². The largest absolute Gasteiger partial charge is 0.487 e. The van der Waals surface area contributed by atoms with Crippen LogP contribution in [0.25, 0.3) is 16.7 Å². The number of pyridine rings is 1. The lowest BCUT2D eigenvalue weighted by molar-refractivity contribution is 0.102. The number of hydrogen-bond acceptors (Lipinski definition) is 4. The second-order valence-corrected chi connectivity index (χ2v) is 7.26. The van der Waals surface area contributed by atoms with Gasteiger partial charge in [-0.05, 0) is 55.0 Å². The minimum absolute atomic E-state index is 0.272. The van der Waals surface area contributed by atoms with Crippen molar-refractivity contribution in [2.45, 2.75) is 13.5 Å². The Kier molecular flexibility index (Phi) is 4.51. The Morgan fingerprint density at radius 1 is 1.10 bits per heavy atom. The molecule has 5 aromatic rings. The second-order valence-electron chi connectivity index (χ2n) is 7.26. The zero-order valence-electron chi connectivity index (χ0n) is 16.7. The van der Waals surface area contributed by atoms with E-state index in [1.54, 1.807) is 42.5 Å². The predicted octanol–water partition coefficient (Wildman–Crippen LogP) is 3.64. The maximum atomic E-state index is 12.7. The Morgan fingerprint density at radius 2 is 1.97 bits per heavy atom. The lowest BCUT2D eigenvalue weighted by atomic mass is 10.2. The van der Waals surface area contributed by atoms with Crippen molar-refractivity contribution >= 4 is 28.3 Å². The Labute approximate surface area is 176 Å². The van der Waals surface area contributed by atoms with Crippen molar-refractivity contribution in [3.8, 4) is 5.75 Å². The molecule has 3 N–H and O–H groups in total. The van der Waals surface area contributed by atoms with Crippen LogP contribution in [-0.4, -0.2) is 25.3 Å². The average molecular weight is 413 g/mol.